The number of hydrogen-bond acceptors (Lipinski definition) is 4. The second-order valence-electron chi connectivity index (χ2n) is 6.10. The Bertz CT molecular complexity index is 744. The molecule has 0 bridgehead atoms. The Hall–Kier alpha value is -1.99. The number of aromatic nitrogens is 2. The molecule has 7 heteroatoms. The van der Waals surface area contributed by atoms with Crippen LogP contribution in [0.1, 0.15) is 36.3 Å². The summed E-state index contributed by atoms with van der Waals surface area (Å²) in [5.74, 6) is 0. The summed E-state index contributed by atoms with van der Waals surface area (Å²) in [6.45, 7) is 1.60. The van der Waals surface area contributed by atoms with Gasteiger partial charge in [0.25, 0.3) is 0 Å². The number of benzene rings is 1. The highest BCUT2D eigenvalue weighted by Crippen LogP contribution is 2.36. The van der Waals surface area contributed by atoms with Gasteiger partial charge in [-0.1, -0.05) is 12.1 Å². The van der Waals surface area contributed by atoms with Crippen molar-refractivity contribution in [3.8, 4) is 11.3 Å². The van der Waals surface area contributed by atoms with Crippen LogP contribution in [-0.2, 0) is 12.6 Å². The second kappa shape index (κ2) is 5.28. The van der Waals surface area contributed by atoms with Crippen LogP contribution in [0.3, 0.4) is 0 Å². The minimum atomic E-state index is -4.43. The Labute approximate surface area is 130 Å². The third-order valence-corrected chi connectivity index (χ3v) is 3.93. The van der Waals surface area contributed by atoms with E-state index in [9.17, 15) is 23.4 Å². The van der Waals surface area contributed by atoms with Gasteiger partial charge in [-0.25, -0.2) is 0 Å². The first-order chi connectivity index (χ1) is 10.7. The van der Waals surface area contributed by atoms with Gasteiger partial charge in [-0.3, -0.25) is 0 Å². The lowest BCUT2D eigenvalue weighted by Crippen LogP contribution is -2.35. The molecule has 1 aliphatic carbocycles. The first-order valence-electron chi connectivity index (χ1n) is 7.10. The third kappa shape index (κ3) is 3.20. The number of aliphatic hydroxyl groups is 2. The first kappa shape index (κ1) is 15.9. The Morgan fingerprint density at radius 2 is 1.96 bits per heavy atom. The standard InChI is InChI=1S/C16H15F3N2O2/c1-15(23)7-13-11(14(22)8-15)6-12(20-21-13)9-3-2-4-10(5-9)16(17,18)19/h2-6,14,22-23H,7-8H2,1H3. The van der Waals surface area contributed by atoms with Crippen molar-refractivity contribution in [2.75, 3.05) is 0 Å². The lowest BCUT2D eigenvalue weighted by atomic mass is 9.82. The van der Waals surface area contributed by atoms with E-state index in [2.05, 4.69) is 10.2 Å². The molecule has 2 atom stereocenters. The van der Waals surface area contributed by atoms with Crippen molar-refractivity contribution in [3.63, 3.8) is 0 Å². The molecular weight excluding hydrogens is 309 g/mol. The highest BCUT2D eigenvalue weighted by atomic mass is 19.4. The summed E-state index contributed by atoms with van der Waals surface area (Å²) >= 11 is 0. The SMILES string of the molecule is CC1(O)Cc2nnc(-c3cccc(C(F)(F)F)c3)cc2C(O)C1. The number of aliphatic hydroxyl groups excluding tert-OH is 1. The van der Waals surface area contributed by atoms with Gasteiger partial charge < -0.3 is 10.2 Å². The summed E-state index contributed by atoms with van der Waals surface area (Å²) in [4.78, 5) is 0. The van der Waals surface area contributed by atoms with Gasteiger partial charge >= 0.3 is 6.18 Å². The van der Waals surface area contributed by atoms with Gasteiger partial charge in [-0.15, -0.1) is 0 Å². The average Bonchev–Trinajstić information content (AvgIpc) is 2.45. The van der Waals surface area contributed by atoms with Crippen molar-refractivity contribution >= 4 is 0 Å². The third-order valence-electron chi connectivity index (χ3n) is 3.93. The average molecular weight is 324 g/mol. The highest BCUT2D eigenvalue weighted by Gasteiger charge is 2.35. The van der Waals surface area contributed by atoms with Crippen molar-refractivity contribution in [2.24, 2.45) is 0 Å². The maximum atomic E-state index is 12.8. The minimum Gasteiger partial charge on any atom is -0.390 e. The van der Waals surface area contributed by atoms with Crippen molar-refractivity contribution in [1.29, 1.82) is 0 Å². The van der Waals surface area contributed by atoms with Crippen molar-refractivity contribution in [1.82, 2.24) is 10.2 Å². The molecule has 2 aromatic rings. The van der Waals surface area contributed by atoms with E-state index in [4.69, 9.17) is 0 Å². The molecule has 2 unspecified atom stereocenters. The Balaban J connectivity index is 2.02. The quantitative estimate of drug-likeness (QED) is 0.846. The molecule has 0 spiro atoms. The van der Waals surface area contributed by atoms with E-state index in [0.29, 0.717) is 11.3 Å². The molecule has 122 valence electrons. The van der Waals surface area contributed by atoms with Gasteiger partial charge in [0.05, 0.1) is 28.7 Å². The van der Waals surface area contributed by atoms with Crippen molar-refractivity contribution < 1.29 is 23.4 Å². The van der Waals surface area contributed by atoms with Crippen LogP contribution in [0.5, 0.6) is 0 Å². The van der Waals surface area contributed by atoms with Crippen LogP contribution in [-0.4, -0.2) is 26.0 Å². The molecule has 2 N–H and O–H groups in total. The minimum absolute atomic E-state index is 0.147. The van der Waals surface area contributed by atoms with E-state index in [1.807, 2.05) is 0 Å². The summed E-state index contributed by atoms with van der Waals surface area (Å²) < 4.78 is 38.4. The number of fused-ring (bicyclic) bond motifs is 1. The van der Waals surface area contributed by atoms with E-state index < -0.39 is 23.4 Å². The maximum Gasteiger partial charge on any atom is 0.416 e. The molecule has 1 aromatic carbocycles. The molecule has 0 saturated heterocycles. The summed E-state index contributed by atoms with van der Waals surface area (Å²) in [5.41, 5.74) is -0.338. The van der Waals surface area contributed by atoms with Crippen molar-refractivity contribution in [3.05, 3.63) is 47.2 Å². The summed E-state index contributed by atoms with van der Waals surface area (Å²) in [5, 5.41) is 28.1. The predicted molar refractivity (Wildman–Crippen MR) is 76.4 cm³/mol. The van der Waals surface area contributed by atoms with E-state index in [-0.39, 0.29) is 24.1 Å². The molecule has 1 aliphatic rings. The van der Waals surface area contributed by atoms with Gasteiger partial charge in [-0.05, 0) is 25.1 Å². The van der Waals surface area contributed by atoms with Crippen molar-refractivity contribution in [2.45, 2.75) is 37.6 Å². The maximum absolute atomic E-state index is 12.8. The van der Waals surface area contributed by atoms with Crippen LogP contribution in [0.25, 0.3) is 11.3 Å². The van der Waals surface area contributed by atoms with E-state index >= 15 is 0 Å². The fourth-order valence-corrected chi connectivity index (χ4v) is 2.81. The molecule has 1 aromatic heterocycles. The molecule has 3 rings (SSSR count). The molecule has 1 heterocycles. The Morgan fingerprint density at radius 3 is 2.65 bits per heavy atom. The lowest BCUT2D eigenvalue weighted by molar-refractivity contribution is -0.137. The van der Waals surface area contributed by atoms with Gasteiger partial charge in [0.15, 0.2) is 0 Å². The summed E-state index contributed by atoms with van der Waals surface area (Å²) in [6.07, 6.45) is -4.97. The van der Waals surface area contributed by atoms with Gasteiger partial charge in [0.1, 0.15) is 0 Å². The van der Waals surface area contributed by atoms with E-state index in [1.54, 1.807) is 6.92 Å². The van der Waals surface area contributed by atoms with Crippen LogP contribution >= 0.6 is 0 Å². The molecular formula is C16H15F3N2O2. The largest absolute Gasteiger partial charge is 0.416 e. The Morgan fingerprint density at radius 1 is 1.22 bits per heavy atom. The number of halogens is 3. The van der Waals surface area contributed by atoms with Crippen LogP contribution in [0.4, 0.5) is 13.2 Å². The van der Waals surface area contributed by atoms with Crippen LogP contribution < -0.4 is 0 Å². The van der Waals surface area contributed by atoms with E-state index in [0.717, 1.165) is 12.1 Å². The van der Waals surface area contributed by atoms with Crippen LogP contribution in [0.15, 0.2) is 30.3 Å². The molecule has 0 radical (unpaired) electrons. The summed E-state index contributed by atoms with van der Waals surface area (Å²) in [6, 6.07) is 6.35. The number of hydrogen-bond donors (Lipinski definition) is 2. The monoisotopic (exact) mass is 324 g/mol. The van der Waals surface area contributed by atoms with Gasteiger partial charge in [-0.2, -0.15) is 23.4 Å². The normalized spacial score (nSPS) is 24.3. The second-order valence-corrected chi connectivity index (χ2v) is 6.10. The van der Waals surface area contributed by atoms with Crippen LogP contribution in [0.2, 0.25) is 0 Å². The number of nitrogens with zero attached hydrogens (tertiary/aromatic N) is 2. The van der Waals surface area contributed by atoms with Crippen LogP contribution in [0, 0.1) is 0 Å². The molecule has 0 aliphatic heterocycles. The number of alkyl halides is 3. The fraction of sp³-hybridized carbons (Fsp3) is 0.375. The highest BCUT2D eigenvalue weighted by molar-refractivity contribution is 5.61. The fourth-order valence-electron chi connectivity index (χ4n) is 2.81. The van der Waals surface area contributed by atoms with E-state index in [1.165, 1.54) is 18.2 Å². The molecule has 0 fully saturated rings. The van der Waals surface area contributed by atoms with Gasteiger partial charge in [0.2, 0.25) is 0 Å². The Kier molecular flexibility index (Phi) is 3.65. The lowest BCUT2D eigenvalue weighted by Gasteiger charge is -2.32. The number of rotatable bonds is 1. The predicted octanol–water partition coefficient (Wildman–Crippen LogP) is 2.89. The molecule has 23 heavy (non-hydrogen) atoms. The zero-order valence-electron chi connectivity index (χ0n) is 12.3. The first-order valence-corrected chi connectivity index (χ1v) is 7.10. The zero-order chi connectivity index (χ0) is 16.8. The molecule has 0 amide bonds. The molecule has 0 saturated carbocycles. The topological polar surface area (TPSA) is 66.2 Å². The molecule has 4 nitrogen and oxygen atoms in total. The van der Waals surface area contributed by atoms with Gasteiger partial charge in [0, 0.05) is 24.0 Å². The zero-order valence-corrected chi connectivity index (χ0v) is 12.3. The summed E-state index contributed by atoms with van der Waals surface area (Å²) in [7, 11) is 0. The smallest absolute Gasteiger partial charge is 0.390 e.